The quantitative estimate of drug-likeness (QED) is 0.356. The highest BCUT2D eigenvalue weighted by molar-refractivity contribution is 5.80. The molecule has 4 nitrogen and oxygen atoms in total. The van der Waals surface area contributed by atoms with Crippen LogP contribution >= 0.6 is 0 Å². The first-order valence-electron chi connectivity index (χ1n) is 4.19. The zero-order valence-corrected chi connectivity index (χ0v) is 8.29. The number of hydrogen-bond donors (Lipinski definition) is 2. The van der Waals surface area contributed by atoms with E-state index in [1.807, 2.05) is 18.9 Å². The van der Waals surface area contributed by atoms with Crippen LogP contribution in [0.2, 0.25) is 0 Å². The van der Waals surface area contributed by atoms with E-state index in [2.05, 4.69) is 19.3 Å². The van der Waals surface area contributed by atoms with E-state index in [1.165, 1.54) is 0 Å². The number of carbonyl (C=O) groups is 1. The molecule has 0 aliphatic carbocycles. The molecular formula is C8H19N3O. The maximum absolute atomic E-state index is 11.1. The number of rotatable bonds is 4. The van der Waals surface area contributed by atoms with Crippen LogP contribution in [0.5, 0.6) is 0 Å². The number of nitrogens with one attached hydrogen (secondary N) is 1. The van der Waals surface area contributed by atoms with Crippen LogP contribution < -0.4 is 11.3 Å². The molecule has 0 radical (unpaired) electrons. The SMILES string of the molecule is CC(C)CN(C)C(C)C(=O)NN. The Hall–Kier alpha value is -0.610. The highest BCUT2D eigenvalue weighted by Crippen LogP contribution is 2.00. The Kier molecular flexibility index (Phi) is 4.85. The Morgan fingerprint density at radius 1 is 1.50 bits per heavy atom. The summed E-state index contributed by atoms with van der Waals surface area (Å²) in [4.78, 5) is 13.0. The summed E-state index contributed by atoms with van der Waals surface area (Å²) in [5.41, 5.74) is 2.14. The number of nitrogens with zero attached hydrogens (tertiary/aromatic N) is 1. The monoisotopic (exact) mass is 173 g/mol. The molecule has 0 rings (SSSR count). The van der Waals surface area contributed by atoms with Crippen molar-refractivity contribution in [2.24, 2.45) is 11.8 Å². The van der Waals surface area contributed by atoms with Crippen LogP contribution in [0.15, 0.2) is 0 Å². The molecule has 1 amide bonds. The Bertz CT molecular complexity index is 147. The van der Waals surface area contributed by atoms with Gasteiger partial charge in [-0.15, -0.1) is 0 Å². The highest BCUT2D eigenvalue weighted by atomic mass is 16.2. The fourth-order valence-electron chi connectivity index (χ4n) is 1.05. The standard InChI is InChI=1S/C8H19N3O/c1-6(2)5-11(4)7(3)8(12)10-9/h6-7H,5,9H2,1-4H3,(H,10,12). The van der Waals surface area contributed by atoms with E-state index in [-0.39, 0.29) is 11.9 Å². The molecule has 1 unspecified atom stereocenters. The number of hydrogen-bond acceptors (Lipinski definition) is 3. The van der Waals surface area contributed by atoms with Crippen molar-refractivity contribution < 1.29 is 4.79 Å². The molecule has 0 saturated heterocycles. The number of carbonyl (C=O) groups excluding carboxylic acids is 1. The molecule has 0 bridgehead atoms. The molecule has 0 aromatic carbocycles. The summed E-state index contributed by atoms with van der Waals surface area (Å²) in [5.74, 6) is 5.43. The molecule has 4 heteroatoms. The number of nitrogens with two attached hydrogens (primary N) is 1. The predicted molar refractivity (Wildman–Crippen MR) is 49.3 cm³/mol. The third-order valence-electron chi connectivity index (χ3n) is 1.84. The third-order valence-corrected chi connectivity index (χ3v) is 1.84. The normalized spacial score (nSPS) is 13.6. The van der Waals surface area contributed by atoms with Gasteiger partial charge in [-0.2, -0.15) is 0 Å². The largest absolute Gasteiger partial charge is 0.295 e. The lowest BCUT2D eigenvalue weighted by molar-refractivity contribution is -0.125. The lowest BCUT2D eigenvalue weighted by atomic mass is 10.2. The van der Waals surface area contributed by atoms with E-state index in [0.29, 0.717) is 5.92 Å². The highest BCUT2D eigenvalue weighted by Gasteiger charge is 2.16. The van der Waals surface area contributed by atoms with E-state index < -0.39 is 0 Å². The first kappa shape index (κ1) is 11.4. The third kappa shape index (κ3) is 3.69. The molecule has 0 aliphatic heterocycles. The van der Waals surface area contributed by atoms with Crippen molar-refractivity contribution in [3.05, 3.63) is 0 Å². The maximum atomic E-state index is 11.1. The lowest BCUT2D eigenvalue weighted by Crippen LogP contribution is -2.46. The molecule has 0 fully saturated rings. The molecule has 1 atom stereocenters. The molecule has 3 N–H and O–H groups in total. The Morgan fingerprint density at radius 2 is 2.00 bits per heavy atom. The van der Waals surface area contributed by atoms with E-state index in [1.54, 1.807) is 0 Å². The van der Waals surface area contributed by atoms with Crippen molar-refractivity contribution >= 4 is 5.91 Å². The van der Waals surface area contributed by atoms with Gasteiger partial charge in [0.2, 0.25) is 0 Å². The van der Waals surface area contributed by atoms with Crippen molar-refractivity contribution in [1.29, 1.82) is 0 Å². The minimum atomic E-state index is -0.155. The zero-order valence-electron chi connectivity index (χ0n) is 8.29. The van der Waals surface area contributed by atoms with Crippen LogP contribution in [0.1, 0.15) is 20.8 Å². The molecule has 0 aliphatic rings. The fourth-order valence-corrected chi connectivity index (χ4v) is 1.05. The summed E-state index contributed by atoms with van der Waals surface area (Å²) in [6.45, 7) is 6.96. The van der Waals surface area contributed by atoms with E-state index in [4.69, 9.17) is 5.84 Å². The Labute approximate surface area is 74.1 Å². The topological polar surface area (TPSA) is 58.4 Å². The van der Waals surface area contributed by atoms with Crippen molar-refractivity contribution in [2.75, 3.05) is 13.6 Å². The van der Waals surface area contributed by atoms with Crippen LogP contribution in [0, 0.1) is 5.92 Å². The van der Waals surface area contributed by atoms with Gasteiger partial charge in [-0.25, -0.2) is 5.84 Å². The van der Waals surface area contributed by atoms with Gasteiger partial charge in [0.25, 0.3) is 5.91 Å². The summed E-state index contributed by atoms with van der Waals surface area (Å²) in [6, 6.07) is -0.155. The number of amides is 1. The first-order chi connectivity index (χ1) is 5.49. The second kappa shape index (κ2) is 5.11. The minimum absolute atomic E-state index is 0.141. The van der Waals surface area contributed by atoms with Crippen LogP contribution in [0.4, 0.5) is 0 Å². The molecule has 0 heterocycles. The maximum Gasteiger partial charge on any atom is 0.250 e. The van der Waals surface area contributed by atoms with Gasteiger partial charge in [-0.3, -0.25) is 15.1 Å². The Balaban J connectivity index is 3.91. The van der Waals surface area contributed by atoms with Crippen LogP contribution in [0.25, 0.3) is 0 Å². The average molecular weight is 173 g/mol. The lowest BCUT2D eigenvalue weighted by Gasteiger charge is -2.24. The summed E-state index contributed by atoms with van der Waals surface area (Å²) in [6.07, 6.45) is 0. The first-order valence-corrected chi connectivity index (χ1v) is 4.19. The van der Waals surface area contributed by atoms with Crippen LogP contribution in [0.3, 0.4) is 0 Å². The molecule has 0 saturated carbocycles. The summed E-state index contributed by atoms with van der Waals surface area (Å²) < 4.78 is 0. The van der Waals surface area contributed by atoms with Gasteiger partial charge >= 0.3 is 0 Å². The summed E-state index contributed by atoms with van der Waals surface area (Å²) >= 11 is 0. The number of hydrazine groups is 1. The van der Waals surface area contributed by atoms with Gasteiger partial charge in [0, 0.05) is 6.54 Å². The van der Waals surface area contributed by atoms with Crippen molar-refractivity contribution in [3.63, 3.8) is 0 Å². The molecule has 0 aromatic rings. The molecule has 0 spiro atoms. The van der Waals surface area contributed by atoms with Gasteiger partial charge in [-0.05, 0) is 19.9 Å². The zero-order chi connectivity index (χ0) is 9.72. The van der Waals surface area contributed by atoms with Gasteiger partial charge in [0.15, 0.2) is 0 Å². The van der Waals surface area contributed by atoms with E-state index in [9.17, 15) is 4.79 Å². The van der Waals surface area contributed by atoms with Gasteiger partial charge in [-0.1, -0.05) is 13.8 Å². The molecule has 0 aromatic heterocycles. The van der Waals surface area contributed by atoms with Crippen molar-refractivity contribution in [3.8, 4) is 0 Å². The molecule has 72 valence electrons. The van der Waals surface area contributed by atoms with Crippen molar-refractivity contribution in [2.45, 2.75) is 26.8 Å². The predicted octanol–water partition coefficient (Wildman–Crippen LogP) is -0.0474. The van der Waals surface area contributed by atoms with Crippen molar-refractivity contribution in [1.82, 2.24) is 10.3 Å². The van der Waals surface area contributed by atoms with Gasteiger partial charge < -0.3 is 0 Å². The summed E-state index contributed by atoms with van der Waals surface area (Å²) in [5, 5.41) is 0. The summed E-state index contributed by atoms with van der Waals surface area (Å²) in [7, 11) is 1.92. The molecule has 12 heavy (non-hydrogen) atoms. The minimum Gasteiger partial charge on any atom is -0.295 e. The van der Waals surface area contributed by atoms with Crippen LogP contribution in [-0.4, -0.2) is 30.4 Å². The van der Waals surface area contributed by atoms with Gasteiger partial charge in [0.1, 0.15) is 0 Å². The smallest absolute Gasteiger partial charge is 0.250 e. The van der Waals surface area contributed by atoms with E-state index in [0.717, 1.165) is 6.54 Å². The second-order valence-corrected chi connectivity index (χ2v) is 3.52. The second-order valence-electron chi connectivity index (χ2n) is 3.52. The van der Waals surface area contributed by atoms with E-state index >= 15 is 0 Å². The fraction of sp³-hybridized carbons (Fsp3) is 0.875. The van der Waals surface area contributed by atoms with Crippen LogP contribution in [-0.2, 0) is 4.79 Å². The average Bonchev–Trinajstić information content (AvgIpc) is 2.00. The Morgan fingerprint density at radius 3 is 2.33 bits per heavy atom. The molecular weight excluding hydrogens is 154 g/mol. The number of likely N-dealkylation sites (N-methyl/N-ethyl adjacent to an activating group) is 1. The van der Waals surface area contributed by atoms with Gasteiger partial charge in [0.05, 0.1) is 6.04 Å².